The van der Waals surface area contributed by atoms with Gasteiger partial charge in [-0.1, -0.05) is 6.07 Å². The van der Waals surface area contributed by atoms with E-state index in [4.69, 9.17) is 4.74 Å². The van der Waals surface area contributed by atoms with Crippen LogP contribution in [0.15, 0.2) is 23.2 Å². The van der Waals surface area contributed by atoms with Gasteiger partial charge in [0.1, 0.15) is 0 Å². The Hall–Kier alpha value is -1.78. The Morgan fingerprint density at radius 1 is 1.21 bits per heavy atom. The molecule has 0 radical (unpaired) electrons. The van der Waals surface area contributed by atoms with E-state index in [0.29, 0.717) is 13.2 Å². The number of aliphatic imine (C=N–C) groups is 1. The van der Waals surface area contributed by atoms with Crippen LogP contribution in [0, 0.1) is 5.82 Å². The normalized spacial score (nSPS) is 10.0. The molecule has 1 rings (SSSR count). The molecule has 1 aromatic carbocycles. The Morgan fingerprint density at radius 2 is 1.84 bits per heavy atom. The first-order valence-corrected chi connectivity index (χ1v) is 6.26. The van der Waals surface area contributed by atoms with E-state index >= 15 is 0 Å². The van der Waals surface area contributed by atoms with Crippen LogP contribution >= 0.6 is 0 Å². The summed E-state index contributed by atoms with van der Waals surface area (Å²) in [6.45, 7) is 2.73. The Morgan fingerprint density at radius 3 is 2.32 bits per heavy atom. The van der Waals surface area contributed by atoms with Crippen molar-refractivity contribution in [1.82, 2.24) is 9.80 Å². The number of ether oxygens (including phenoxy) is 1. The van der Waals surface area contributed by atoms with Crippen molar-refractivity contribution < 1.29 is 9.13 Å². The lowest BCUT2D eigenvalue weighted by atomic mass is 10.2. The van der Waals surface area contributed by atoms with E-state index in [1.165, 1.54) is 6.07 Å². The zero-order valence-corrected chi connectivity index (χ0v) is 12.3. The van der Waals surface area contributed by atoms with Crippen LogP contribution in [0.5, 0.6) is 5.75 Å². The zero-order valence-electron chi connectivity index (χ0n) is 12.3. The first-order valence-electron chi connectivity index (χ1n) is 6.26. The average Bonchev–Trinajstić information content (AvgIpc) is 2.32. The molecule has 0 saturated heterocycles. The molecule has 0 saturated carbocycles. The minimum atomic E-state index is -0.342. The van der Waals surface area contributed by atoms with Gasteiger partial charge in [0, 0.05) is 28.2 Å². The van der Waals surface area contributed by atoms with Crippen LogP contribution in [0.3, 0.4) is 0 Å². The molecule has 0 aromatic heterocycles. The van der Waals surface area contributed by atoms with Gasteiger partial charge in [0.2, 0.25) is 0 Å². The first-order chi connectivity index (χ1) is 8.95. The summed E-state index contributed by atoms with van der Waals surface area (Å²) in [4.78, 5) is 8.31. The summed E-state index contributed by atoms with van der Waals surface area (Å²) >= 11 is 0. The summed E-state index contributed by atoms with van der Waals surface area (Å²) in [5.74, 6) is 0.788. The third kappa shape index (κ3) is 4.43. The molecule has 19 heavy (non-hydrogen) atoms. The second-order valence-corrected chi connectivity index (χ2v) is 4.60. The van der Waals surface area contributed by atoms with Gasteiger partial charge in [0.25, 0.3) is 0 Å². The van der Waals surface area contributed by atoms with Crippen LogP contribution in [0.1, 0.15) is 12.5 Å². The number of nitrogens with zero attached hydrogens (tertiary/aromatic N) is 3. The second kappa shape index (κ2) is 6.97. The molecular formula is C14H22FN3O. The molecule has 106 valence electrons. The minimum Gasteiger partial charge on any atom is -0.491 e. The predicted octanol–water partition coefficient (Wildman–Crippen LogP) is 2.20. The number of hydrogen-bond donors (Lipinski definition) is 0. The summed E-state index contributed by atoms with van der Waals surface area (Å²) in [6, 6.07) is 4.95. The predicted molar refractivity (Wildman–Crippen MR) is 76.1 cm³/mol. The summed E-state index contributed by atoms with van der Waals surface area (Å²) < 4.78 is 18.9. The van der Waals surface area contributed by atoms with Gasteiger partial charge in [-0.3, -0.25) is 0 Å². The fourth-order valence-electron chi connectivity index (χ4n) is 1.76. The average molecular weight is 267 g/mol. The highest BCUT2D eigenvalue weighted by atomic mass is 19.1. The standard InChI is InChI=1S/C14H22FN3O/c1-6-19-13-8-7-11(9-12(13)15)10-16-14(17(2)3)18(4)5/h7-9H,6,10H2,1-5H3. The number of guanidine groups is 1. The maximum absolute atomic E-state index is 13.7. The lowest BCUT2D eigenvalue weighted by Crippen LogP contribution is -2.35. The molecule has 0 aliphatic carbocycles. The Kier molecular flexibility index (Phi) is 5.60. The number of benzene rings is 1. The Bertz CT molecular complexity index is 434. The van der Waals surface area contributed by atoms with E-state index in [1.807, 2.05) is 51.0 Å². The molecular weight excluding hydrogens is 245 g/mol. The molecule has 0 atom stereocenters. The van der Waals surface area contributed by atoms with Gasteiger partial charge >= 0.3 is 0 Å². The van der Waals surface area contributed by atoms with Gasteiger partial charge in [0.15, 0.2) is 17.5 Å². The number of rotatable bonds is 4. The van der Waals surface area contributed by atoms with Gasteiger partial charge in [-0.05, 0) is 24.6 Å². The zero-order chi connectivity index (χ0) is 14.4. The molecule has 0 fully saturated rings. The molecule has 0 amide bonds. The SMILES string of the molecule is CCOc1ccc(CN=C(N(C)C)N(C)C)cc1F. The van der Waals surface area contributed by atoms with Gasteiger partial charge in [0.05, 0.1) is 13.2 Å². The van der Waals surface area contributed by atoms with Crippen LogP contribution < -0.4 is 4.74 Å². The Labute approximate surface area is 114 Å². The minimum absolute atomic E-state index is 0.288. The van der Waals surface area contributed by atoms with Crippen LogP contribution in [0.25, 0.3) is 0 Å². The van der Waals surface area contributed by atoms with Crippen molar-refractivity contribution in [3.8, 4) is 5.75 Å². The molecule has 0 heterocycles. The lowest BCUT2D eigenvalue weighted by Gasteiger charge is -2.22. The maximum Gasteiger partial charge on any atom is 0.195 e. The maximum atomic E-state index is 13.7. The van der Waals surface area contributed by atoms with Crippen LogP contribution in [-0.2, 0) is 6.54 Å². The van der Waals surface area contributed by atoms with Crippen molar-refractivity contribution in [2.45, 2.75) is 13.5 Å². The summed E-state index contributed by atoms with van der Waals surface area (Å²) in [5.41, 5.74) is 0.821. The Balaban J connectivity index is 2.83. The molecule has 0 spiro atoms. The molecule has 5 heteroatoms. The fraction of sp³-hybridized carbons (Fsp3) is 0.500. The molecule has 1 aromatic rings. The van der Waals surface area contributed by atoms with Crippen LogP contribution in [0.2, 0.25) is 0 Å². The van der Waals surface area contributed by atoms with Gasteiger partial charge in [-0.15, -0.1) is 0 Å². The highest BCUT2D eigenvalue weighted by molar-refractivity contribution is 5.79. The molecule has 0 bridgehead atoms. The highest BCUT2D eigenvalue weighted by Gasteiger charge is 2.06. The van der Waals surface area contributed by atoms with Gasteiger partial charge in [-0.2, -0.15) is 0 Å². The van der Waals surface area contributed by atoms with Gasteiger partial charge in [-0.25, -0.2) is 9.38 Å². The fourth-order valence-corrected chi connectivity index (χ4v) is 1.76. The monoisotopic (exact) mass is 267 g/mol. The molecule has 0 aliphatic rings. The van der Waals surface area contributed by atoms with E-state index in [2.05, 4.69) is 4.99 Å². The van der Waals surface area contributed by atoms with E-state index in [-0.39, 0.29) is 11.6 Å². The molecule has 0 unspecified atom stereocenters. The second-order valence-electron chi connectivity index (χ2n) is 4.60. The van der Waals surface area contributed by atoms with E-state index in [0.717, 1.165) is 11.5 Å². The largest absolute Gasteiger partial charge is 0.491 e. The smallest absolute Gasteiger partial charge is 0.195 e. The quantitative estimate of drug-likeness (QED) is 0.618. The summed E-state index contributed by atoms with van der Waals surface area (Å²) in [6.07, 6.45) is 0. The summed E-state index contributed by atoms with van der Waals surface area (Å²) in [7, 11) is 7.71. The van der Waals surface area contributed by atoms with Crippen molar-refractivity contribution >= 4 is 5.96 Å². The first kappa shape index (κ1) is 15.3. The van der Waals surface area contributed by atoms with Gasteiger partial charge < -0.3 is 14.5 Å². The van der Waals surface area contributed by atoms with Crippen molar-refractivity contribution in [3.63, 3.8) is 0 Å². The topological polar surface area (TPSA) is 28.1 Å². The van der Waals surface area contributed by atoms with Crippen molar-refractivity contribution in [2.24, 2.45) is 4.99 Å². The highest BCUT2D eigenvalue weighted by Crippen LogP contribution is 2.18. The van der Waals surface area contributed by atoms with E-state index in [1.54, 1.807) is 6.07 Å². The van der Waals surface area contributed by atoms with Crippen LogP contribution in [-0.4, -0.2) is 50.6 Å². The van der Waals surface area contributed by atoms with Crippen molar-refractivity contribution in [3.05, 3.63) is 29.6 Å². The number of halogens is 1. The molecule has 0 N–H and O–H groups in total. The van der Waals surface area contributed by atoms with E-state index < -0.39 is 0 Å². The summed E-state index contributed by atoms with van der Waals surface area (Å²) in [5, 5.41) is 0. The third-order valence-corrected chi connectivity index (χ3v) is 2.50. The van der Waals surface area contributed by atoms with E-state index in [9.17, 15) is 4.39 Å². The van der Waals surface area contributed by atoms with Crippen molar-refractivity contribution in [1.29, 1.82) is 0 Å². The number of hydrogen-bond acceptors (Lipinski definition) is 2. The molecule has 0 aliphatic heterocycles. The van der Waals surface area contributed by atoms with Crippen molar-refractivity contribution in [2.75, 3.05) is 34.8 Å². The lowest BCUT2D eigenvalue weighted by molar-refractivity contribution is 0.321. The van der Waals surface area contributed by atoms with Crippen LogP contribution in [0.4, 0.5) is 4.39 Å². The molecule has 4 nitrogen and oxygen atoms in total. The third-order valence-electron chi connectivity index (χ3n) is 2.50.